The Morgan fingerprint density at radius 1 is 0.575 bits per heavy atom. The average molecular weight is 571 g/mol. The third-order valence-electron chi connectivity index (χ3n) is 8.14. The summed E-state index contributed by atoms with van der Waals surface area (Å²) in [6.45, 7) is 0. The molecule has 0 N–H and O–H groups in total. The number of halogens is 2. The molecule has 1 aliphatic rings. The van der Waals surface area contributed by atoms with Crippen molar-refractivity contribution < 1.29 is 0 Å². The van der Waals surface area contributed by atoms with Gasteiger partial charge in [0.05, 0.1) is 16.7 Å². The summed E-state index contributed by atoms with van der Waals surface area (Å²) in [5.41, 5.74) is 5.44. The third kappa shape index (κ3) is 3.24. The zero-order valence-electron chi connectivity index (χ0n) is 21.2. The van der Waals surface area contributed by atoms with Crippen LogP contribution in [-0.4, -0.2) is 22.6 Å². The van der Waals surface area contributed by atoms with Crippen molar-refractivity contribution in [3.8, 4) is 16.9 Å². The van der Waals surface area contributed by atoms with Crippen LogP contribution in [0.2, 0.25) is 10.4 Å². The van der Waals surface area contributed by atoms with Gasteiger partial charge in [-0.15, -0.1) is 0 Å². The maximum absolute atomic E-state index is 6.21. The van der Waals surface area contributed by atoms with Gasteiger partial charge in [0.25, 0.3) is 0 Å². The molecule has 0 bridgehead atoms. The Morgan fingerprint density at radius 2 is 1.25 bits per heavy atom. The first-order valence-electron chi connectivity index (χ1n) is 13.2. The first-order chi connectivity index (χ1) is 19.7. The van der Waals surface area contributed by atoms with Crippen LogP contribution in [0, 0.1) is 0 Å². The molecule has 7 aromatic rings. The van der Waals surface area contributed by atoms with E-state index in [9.17, 15) is 0 Å². The van der Waals surface area contributed by atoms with Gasteiger partial charge in [-0.05, 0) is 44.5 Å². The predicted octanol–water partition coefficient (Wildman–Crippen LogP) is 6.24. The van der Waals surface area contributed by atoms with Crippen molar-refractivity contribution >= 4 is 73.8 Å². The number of nitrogens with zero attached hydrogens (tertiary/aromatic N) is 3. The van der Waals surface area contributed by atoms with Crippen molar-refractivity contribution in [3.05, 3.63) is 138 Å². The number of benzene rings is 5. The molecule has 5 aromatic carbocycles. The van der Waals surface area contributed by atoms with Crippen LogP contribution in [0.3, 0.4) is 0 Å². The van der Waals surface area contributed by atoms with E-state index < -0.39 is 8.07 Å². The molecule has 1 atom stereocenters. The molecular weight excluding hydrogens is 549 g/mol. The lowest BCUT2D eigenvalue weighted by atomic mass is 10.1. The maximum atomic E-state index is 6.21. The number of hydrogen-bond acceptors (Lipinski definition) is 2. The molecular formula is C34H21Cl2N3Si. The van der Waals surface area contributed by atoms with E-state index in [4.69, 9.17) is 23.2 Å². The summed E-state index contributed by atoms with van der Waals surface area (Å²) in [7, 11) is -2.72. The number of para-hydroxylation sites is 3. The molecule has 6 heteroatoms. The van der Waals surface area contributed by atoms with Gasteiger partial charge < -0.3 is 4.57 Å². The van der Waals surface area contributed by atoms with Gasteiger partial charge in [0.2, 0.25) is 5.28 Å². The fourth-order valence-corrected chi connectivity index (χ4v) is 12.1. The molecule has 0 radical (unpaired) electrons. The molecule has 3 nitrogen and oxygen atoms in total. The van der Waals surface area contributed by atoms with Crippen LogP contribution >= 0.6 is 23.2 Å². The highest BCUT2D eigenvalue weighted by Crippen LogP contribution is 2.35. The summed E-state index contributed by atoms with van der Waals surface area (Å²) in [4.78, 5) is 8.43. The Morgan fingerprint density at radius 3 is 2.08 bits per heavy atom. The van der Waals surface area contributed by atoms with Gasteiger partial charge in [-0.1, -0.05) is 121 Å². The van der Waals surface area contributed by atoms with Crippen LogP contribution in [0.4, 0.5) is 0 Å². The highest BCUT2D eigenvalue weighted by atomic mass is 35.5. The van der Waals surface area contributed by atoms with Crippen LogP contribution in [0.5, 0.6) is 0 Å². The van der Waals surface area contributed by atoms with Crippen molar-refractivity contribution in [1.29, 1.82) is 0 Å². The fourth-order valence-electron chi connectivity index (χ4n) is 6.61. The van der Waals surface area contributed by atoms with Crippen LogP contribution in [-0.2, 0) is 0 Å². The number of fused-ring (bicyclic) bond motifs is 5. The number of aromatic nitrogens is 3. The maximum Gasteiger partial charge on any atom is 0.224 e. The molecule has 40 heavy (non-hydrogen) atoms. The largest absolute Gasteiger partial charge is 0.309 e. The minimum absolute atomic E-state index is 0.141. The smallest absolute Gasteiger partial charge is 0.224 e. The molecule has 0 saturated heterocycles. The second kappa shape index (κ2) is 8.90. The fraction of sp³-hybridized carbons (Fsp3) is 0. The highest BCUT2D eigenvalue weighted by Gasteiger charge is 2.47. The van der Waals surface area contributed by atoms with E-state index in [1.54, 1.807) is 6.07 Å². The van der Waals surface area contributed by atoms with Crippen LogP contribution in [0.15, 0.2) is 127 Å². The summed E-state index contributed by atoms with van der Waals surface area (Å²) in [6, 6.07) is 46.1. The quantitative estimate of drug-likeness (QED) is 0.143. The van der Waals surface area contributed by atoms with Crippen LogP contribution in [0.25, 0.3) is 38.8 Å². The van der Waals surface area contributed by atoms with Crippen molar-refractivity contribution in [2.45, 2.75) is 0 Å². The molecule has 1 unspecified atom stereocenters. The van der Waals surface area contributed by atoms with Gasteiger partial charge in [0.15, 0.2) is 8.07 Å². The molecule has 0 spiro atoms. The first kappa shape index (κ1) is 23.6. The minimum Gasteiger partial charge on any atom is -0.309 e. The van der Waals surface area contributed by atoms with E-state index in [-0.39, 0.29) is 5.28 Å². The van der Waals surface area contributed by atoms with Crippen molar-refractivity contribution in [2.24, 2.45) is 0 Å². The summed E-state index contributed by atoms with van der Waals surface area (Å²) < 4.78 is 2.47. The summed E-state index contributed by atoms with van der Waals surface area (Å²) in [6.07, 6.45) is 0. The molecule has 0 aliphatic carbocycles. The van der Waals surface area contributed by atoms with Gasteiger partial charge >= 0.3 is 0 Å². The average Bonchev–Trinajstić information content (AvgIpc) is 3.34. The van der Waals surface area contributed by atoms with E-state index >= 15 is 0 Å². The lowest BCUT2D eigenvalue weighted by Crippen LogP contribution is -2.76. The molecule has 1 aliphatic heterocycles. The molecule has 8 rings (SSSR count). The van der Waals surface area contributed by atoms with Crippen molar-refractivity contribution in [1.82, 2.24) is 14.5 Å². The van der Waals surface area contributed by atoms with Gasteiger partial charge in [-0.3, -0.25) is 0 Å². The van der Waals surface area contributed by atoms with Crippen molar-refractivity contribution in [3.63, 3.8) is 0 Å². The Kier molecular flexibility index (Phi) is 5.26. The van der Waals surface area contributed by atoms with E-state index in [0.29, 0.717) is 10.8 Å². The second-order valence-corrected chi connectivity index (χ2v) is 14.6. The van der Waals surface area contributed by atoms with Crippen LogP contribution < -0.4 is 20.7 Å². The van der Waals surface area contributed by atoms with E-state index in [0.717, 1.165) is 5.56 Å². The number of rotatable bonds is 3. The Balaban J connectivity index is 1.50. The summed E-state index contributed by atoms with van der Waals surface area (Å²) >= 11 is 12.3. The third-order valence-corrected chi connectivity index (χ3v) is 13.3. The standard InChI is InChI=1S/C34H21Cl2N3Si/c35-32-21-27(37-34(36)38-32)22-17-19-24(20-18-22)40(23-9-2-1-3-10-23)30-15-7-6-14-29(30)39-28-13-5-4-11-25(28)26-12-8-16-31(40)33(26)39/h1-21H. The predicted molar refractivity (Wildman–Crippen MR) is 169 cm³/mol. The Bertz CT molecular complexity index is 2070. The van der Waals surface area contributed by atoms with Gasteiger partial charge in [0, 0.05) is 28.1 Å². The van der Waals surface area contributed by atoms with Gasteiger partial charge in [0.1, 0.15) is 5.15 Å². The molecule has 0 amide bonds. The Hall–Kier alpha value is -4.22. The zero-order valence-corrected chi connectivity index (χ0v) is 23.7. The van der Waals surface area contributed by atoms with E-state index in [1.165, 1.54) is 48.2 Å². The molecule has 3 heterocycles. The summed E-state index contributed by atoms with van der Waals surface area (Å²) in [5.74, 6) is 0. The molecule has 190 valence electrons. The van der Waals surface area contributed by atoms with Gasteiger partial charge in [-0.2, -0.15) is 0 Å². The normalized spacial score (nSPS) is 15.8. The highest BCUT2D eigenvalue weighted by molar-refractivity contribution is 7.21. The number of hydrogen-bond donors (Lipinski definition) is 0. The van der Waals surface area contributed by atoms with E-state index in [2.05, 4.69) is 136 Å². The molecule has 0 saturated carbocycles. The van der Waals surface area contributed by atoms with Crippen molar-refractivity contribution in [2.75, 3.05) is 0 Å². The summed E-state index contributed by atoms with van der Waals surface area (Å²) in [5, 5.41) is 8.47. The van der Waals surface area contributed by atoms with E-state index in [1.807, 2.05) is 0 Å². The monoisotopic (exact) mass is 569 g/mol. The lowest BCUT2D eigenvalue weighted by molar-refractivity contribution is 1.17. The second-order valence-electron chi connectivity index (χ2n) is 10.1. The molecule has 2 aromatic heterocycles. The zero-order chi connectivity index (χ0) is 26.8. The molecule has 0 fully saturated rings. The van der Waals surface area contributed by atoms with Crippen LogP contribution in [0.1, 0.15) is 0 Å². The minimum atomic E-state index is -2.72. The lowest BCUT2D eigenvalue weighted by Gasteiger charge is -2.39. The van der Waals surface area contributed by atoms with Gasteiger partial charge in [-0.25, -0.2) is 9.97 Å². The Labute approximate surface area is 242 Å². The SMILES string of the molecule is Clc1cc(-c2ccc([Si]3(c4ccccc4)c4ccccc4-n4c5ccccc5c5cccc3c54)cc2)nc(Cl)n1. The first-order valence-corrected chi connectivity index (χ1v) is 15.9. The topological polar surface area (TPSA) is 30.7 Å².